The second-order valence-electron chi connectivity index (χ2n) is 16.9. The first-order valence-corrected chi connectivity index (χ1v) is 27.0. The summed E-state index contributed by atoms with van der Waals surface area (Å²) in [4.78, 5) is 64.1. The average molecular weight is 1050 g/mol. The molecular formula is C42H50N16O9S4. The number of benzene rings is 2. The number of tetrazole rings is 2. The Morgan fingerprint density at radius 1 is 0.648 bits per heavy atom. The van der Waals surface area contributed by atoms with Crippen molar-refractivity contribution >= 4 is 99.0 Å². The summed E-state index contributed by atoms with van der Waals surface area (Å²) in [5, 5.41) is 30.8. The summed E-state index contributed by atoms with van der Waals surface area (Å²) < 4.78 is 58.1. The van der Waals surface area contributed by atoms with Gasteiger partial charge in [0.25, 0.3) is 30.0 Å². The van der Waals surface area contributed by atoms with E-state index in [1.165, 1.54) is 14.1 Å². The second kappa shape index (κ2) is 21.7. The lowest BCUT2D eigenvalue weighted by atomic mass is 9.94. The SMILES string of the molecule is CN(C)c1ccc(NC(=O)Nc2ncc(S(=O)(=O)c3nnnn3C)s2)c(C(=O)C2CCCC2)c1.Cn1nnnc1S(=O)(=O)c1cnc(NC(=O)Nc2ccc(N3CCOCC3)cc2C(=O)C2CCCC2)s1. The van der Waals surface area contributed by atoms with Gasteiger partial charge in [0.2, 0.25) is 0 Å². The van der Waals surface area contributed by atoms with Gasteiger partial charge in [-0.05, 0) is 82.9 Å². The Morgan fingerprint density at radius 2 is 1.10 bits per heavy atom. The number of urea groups is 2. The van der Waals surface area contributed by atoms with E-state index in [-0.39, 0.29) is 52.4 Å². The van der Waals surface area contributed by atoms with Crippen molar-refractivity contribution < 1.29 is 40.8 Å². The lowest BCUT2D eigenvalue weighted by molar-refractivity contribution is 0.0916. The molecule has 0 unspecified atom stereocenters. The van der Waals surface area contributed by atoms with Crippen LogP contribution in [0, 0.1) is 11.8 Å². The van der Waals surface area contributed by atoms with Gasteiger partial charge in [-0.2, -0.15) is 0 Å². The number of rotatable bonds is 14. The predicted molar refractivity (Wildman–Crippen MR) is 261 cm³/mol. The highest BCUT2D eigenvalue weighted by atomic mass is 32.2. The van der Waals surface area contributed by atoms with Crippen LogP contribution < -0.4 is 31.1 Å². The Labute approximate surface area is 415 Å². The van der Waals surface area contributed by atoms with Gasteiger partial charge in [0.05, 0.1) is 37.0 Å². The average Bonchev–Trinajstić information content (AvgIpc) is 4.21. The largest absolute Gasteiger partial charge is 0.378 e. The quantitative estimate of drug-likeness (QED) is 0.105. The van der Waals surface area contributed by atoms with Crippen LogP contribution in [0.2, 0.25) is 0 Å². The minimum atomic E-state index is -3.99. The highest BCUT2D eigenvalue weighted by Crippen LogP contribution is 2.35. The first-order valence-electron chi connectivity index (χ1n) is 22.4. The van der Waals surface area contributed by atoms with Crippen LogP contribution >= 0.6 is 22.7 Å². The Balaban J connectivity index is 0.000000191. The summed E-state index contributed by atoms with van der Waals surface area (Å²) in [6.07, 6.45) is 9.70. The third-order valence-corrected chi connectivity index (χ3v) is 18.1. The maximum Gasteiger partial charge on any atom is 0.325 e. The zero-order valence-corrected chi connectivity index (χ0v) is 42.2. The van der Waals surface area contributed by atoms with E-state index in [1.807, 2.05) is 37.2 Å². The number of carbonyl (C=O) groups is 4. The number of hydrogen-bond donors (Lipinski definition) is 4. The molecule has 6 aromatic rings. The van der Waals surface area contributed by atoms with Crippen molar-refractivity contribution in [1.29, 1.82) is 0 Å². The molecule has 0 atom stereocenters. The number of ether oxygens (including phenoxy) is 1. The number of hydrogen-bond acceptors (Lipinski definition) is 21. The monoisotopic (exact) mass is 1050 g/mol. The van der Waals surface area contributed by atoms with Gasteiger partial charge in [0.1, 0.15) is 8.42 Å². The van der Waals surface area contributed by atoms with Crippen LogP contribution in [0.25, 0.3) is 0 Å². The molecule has 0 radical (unpaired) electrons. The number of nitrogens with zero attached hydrogens (tertiary/aromatic N) is 12. The Hall–Kier alpha value is -6.82. The smallest absolute Gasteiger partial charge is 0.325 e. The fraction of sp³-hybridized carbons (Fsp3) is 0.429. The molecule has 71 heavy (non-hydrogen) atoms. The van der Waals surface area contributed by atoms with Crippen LogP contribution in [0.5, 0.6) is 0 Å². The lowest BCUT2D eigenvalue weighted by Crippen LogP contribution is -2.36. The number of carbonyl (C=O) groups excluding carboxylic acids is 4. The first kappa shape index (κ1) is 50.6. The molecule has 2 saturated carbocycles. The number of morpholine rings is 1. The van der Waals surface area contributed by atoms with E-state index in [0.717, 1.165) is 120 Å². The zero-order chi connectivity index (χ0) is 50.5. The van der Waals surface area contributed by atoms with Gasteiger partial charge >= 0.3 is 12.1 Å². The molecule has 3 fully saturated rings. The van der Waals surface area contributed by atoms with Crippen molar-refractivity contribution in [3.05, 3.63) is 59.9 Å². The number of Topliss-reactive ketones (excluding diaryl/α,β-unsaturated/α-hetero) is 2. The van der Waals surface area contributed by atoms with Crippen LogP contribution in [0.3, 0.4) is 0 Å². The van der Waals surface area contributed by atoms with Crippen molar-refractivity contribution in [2.75, 3.05) is 71.5 Å². The van der Waals surface area contributed by atoms with Crippen LogP contribution in [0.15, 0.2) is 67.5 Å². The molecule has 0 spiro atoms. The Kier molecular flexibility index (Phi) is 15.4. The van der Waals surface area contributed by atoms with Gasteiger partial charge in [-0.3, -0.25) is 20.2 Å². The summed E-state index contributed by atoms with van der Waals surface area (Å²) in [5.74, 6) is -0.0903. The molecule has 9 rings (SSSR count). The number of thiazole rings is 2. The molecule has 4 amide bonds. The normalized spacial score (nSPS) is 15.5. The molecule has 4 N–H and O–H groups in total. The summed E-state index contributed by atoms with van der Waals surface area (Å²) in [5.41, 5.74) is 3.44. The number of anilines is 6. The zero-order valence-electron chi connectivity index (χ0n) is 38.9. The molecule has 1 saturated heterocycles. The summed E-state index contributed by atoms with van der Waals surface area (Å²) in [6, 6.07) is 9.43. The molecule has 29 heteroatoms. The molecule has 2 aliphatic carbocycles. The Bertz CT molecular complexity index is 3150. The summed E-state index contributed by atoms with van der Waals surface area (Å²) in [7, 11) is -1.39. The molecule has 25 nitrogen and oxygen atoms in total. The molecule has 3 aliphatic rings. The van der Waals surface area contributed by atoms with Crippen LogP contribution in [0.4, 0.5) is 42.6 Å². The van der Waals surface area contributed by atoms with Crippen molar-refractivity contribution in [2.45, 2.75) is 70.1 Å². The molecule has 4 aromatic heterocycles. The highest BCUT2D eigenvalue weighted by molar-refractivity contribution is 7.93. The minimum absolute atomic E-state index is 0.0106. The fourth-order valence-electron chi connectivity index (χ4n) is 8.26. The van der Waals surface area contributed by atoms with E-state index in [4.69, 9.17) is 4.74 Å². The van der Waals surface area contributed by atoms with E-state index in [2.05, 4.69) is 67.2 Å². The van der Waals surface area contributed by atoms with Crippen LogP contribution in [0.1, 0.15) is 72.1 Å². The highest BCUT2D eigenvalue weighted by Gasteiger charge is 2.31. The van der Waals surface area contributed by atoms with E-state index in [9.17, 15) is 36.0 Å². The number of aromatic nitrogens is 10. The molecule has 5 heterocycles. The third-order valence-electron chi connectivity index (χ3n) is 12.0. The van der Waals surface area contributed by atoms with Crippen molar-refractivity contribution in [1.82, 2.24) is 50.4 Å². The predicted octanol–water partition coefficient (Wildman–Crippen LogP) is 4.94. The van der Waals surface area contributed by atoms with Gasteiger partial charge in [0.15, 0.2) is 21.8 Å². The van der Waals surface area contributed by atoms with Gasteiger partial charge in [0, 0.05) is 75.6 Å². The van der Waals surface area contributed by atoms with E-state index < -0.39 is 31.7 Å². The number of sulfone groups is 2. The van der Waals surface area contributed by atoms with Gasteiger partial charge < -0.3 is 25.2 Å². The number of nitrogens with one attached hydrogen (secondary N) is 4. The van der Waals surface area contributed by atoms with Crippen molar-refractivity contribution in [3.63, 3.8) is 0 Å². The Morgan fingerprint density at radius 3 is 1.54 bits per heavy atom. The fourth-order valence-corrected chi connectivity index (χ4v) is 13.0. The first-order chi connectivity index (χ1) is 34.0. The van der Waals surface area contributed by atoms with Gasteiger partial charge in [-0.15, -0.1) is 0 Å². The maximum absolute atomic E-state index is 13.4. The number of aryl methyl sites for hydroxylation is 2. The van der Waals surface area contributed by atoms with Crippen LogP contribution in [-0.4, -0.2) is 131 Å². The number of ketones is 2. The van der Waals surface area contributed by atoms with Gasteiger partial charge in [-0.1, -0.05) is 58.6 Å². The third kappa shape index (κ3) is 11.5. The minimum Gasteiger partial charge on any atom is -0.378 e. The second-order valence-corrected chi connectivity index (χ2v) is 23.2. The van der Waals surface area contributed by atoms with Crippen molar-refractivity contribution in [2.24, 2.45) is 25.9 Å². The molecule has 376 valence electrons. The molecule has 2 aromatic carbocycles. The van der Waals surface area contributed by atoms with E-state index in [0.29, 0.717) is 35.7 Å². The topological polar surface area (TPSA) is 313 Å². The molecule has 1 aliphatic heterocycles. The maximum atomic E-state index is 13.4. The standard InChI is InChI=1S/C22H26N8O5S2.C20H24N8O4S2/c1-29-22(26-27-28-29)37(33,34)18-13-23-21(36-18)25-20(32)24-17-7-6-15(30-8-10-35-11-9-30)12-16(17)19(31)14-4-2-3-5-14;1-27(2)13-8-9-15(14(10-13)17(29)12-6-4-5-7-12)22-18(30)23-19-21-11-16(33-19)34(31,32)20-24-25-26-28(20)3/h6-7,12-14H,2-5,8-11H2,1H3,(H2,23,24,25,32);8-12H,4-7H2,1-3H3,(H2,21,22,23,30). The molecule has 0 bridgehead atoms. The molecular weight excluding hydrogens is 1000 g/mol. The van der Waals surface area contributed by atoms with Crippen molar-refractivity contribution in [3.8, 4) is 0 Å². The summed E-state index contributed by atoms with van der Waals surface area (Å²) >= 11 is 1.54. The van der Waals surface area contributed by atoms with E-state index in [1.54, 1.807) is 18.2 Å². The van der Waals surface area contributed by atoms with Gasteiger partial charge in [-0.25, -0.2) is 45.8 Å². The van der Waals surface area contributed by atoms with E-state index >= 15 is 0 Å². The van der Waals surface area contributed by atoms with Crippen LogP contribution in [-0.2, 0) is 38.5 Å². The number of amides is 4. The lowest BCUT2D eigenvalue weighted by Gasteiger charge is -2.29. The summed E-state index contributed by atoms with van der Waals surface area (Å²) in [6.45, 7) is 2.69.